The maximum absolute atomic E-state index is 11.8. The Morgan fingerprint density at radius 2 is 1.71 bits per heavy atom. The van der Waals surface area contributed by atoms with Crippen molar-refractivity contribution >= 4 is 5.78 Å². The number of aromatic amines is 1. The molecule has 0 unspecified atom stereocenters. The molecule has 1 aromatic rings. The van der Waals surface area contributed by atoms with Crippen LogP contribution in [0.3, 0.4) is 0 Å². The first kappa shape index (κ1) is 13.4. The van der Waals surface area contributed by atoms with Crippen molar-refractivity contribution in [2.75, 3.05) is 0 Å². The fraction of sp³-hybridized carbons (Fsp3) is 0.583. The Kier molecular flexibility index (Phi) is 3.40. The third kappa shape index (κ3) is 2.72. The largest absolute Gasteiger partial charge is 0.297 e. The highest BCUT2D eigenvalue weighted by molar-refractivity contribution is 5.83. The molecule has 0 amide bonds. The highest BCUT2D eigenvalue weighted by Gasteiger charge is 2.22. The molecule has 94 valence electrons. The molecule has 0 atom stereocenters. The van der Waals surface area contributed by atoms with Gasteiger partial charge >= 0.3 is 0 Å². The smallest absolute Gasteiger partial charge is 0.268 e. The molecule has 0 aliphatic rings. The lowest BCUT2D eigenvalue weighted by atomic mass is 9.91. The zero-order valence-corrected chi connectivity index (χ0v) is 10.9. The van der Waals surface area contributed by atoms with E-state index in [2.05, 4.69) is 5.10 Å². The summed E-state index contributed by atoms with van der Waals surface area (Å²) in [6.07, 6.45) is 0. The third-order valence-corrected chi connectivity index (χ3v) is 2.84. The summed E-state index contributed by atoms with van der Waals surface area (Å²) in [5, 5.41) is 2.42. The van der Waals surface area contributed by atoms with E-state index in [-0.39, 0.29) is 23.4 Å². The highest BCUT2D eigenvalue weighted by atomic mass is 16.2. The molecule has 0 fully saturated rings. The number of Topliss-reactive ketones (excluding diaryl/α,β-unsaturated/α-hetero) is 1. The van der Waals surface area contributed by atoms with Gasteiger partial charge in [-0.2, -0.15) is 0 Å². The zero-order chi connectivity index (χ0) is 13.4. The Morgan fingerprint density at radius 3 is 2.18 bits per heavy atom. The average Bonchev–Trinajstić information content (AvgIpc) is 2.21. The van der Waals surface area contributed by atoms with Crippen LogP contribution in [0, 0.1) is 19.3 Å². The molecule has 0 aromatic carbocycles. The predicted molar refractivity (Wildman–Crippen MR) is 65.3 cm³/mol. The first-order valence-corrected chi connectivity index (χ1v) is 5.48. The third-order valence-electron chi connectivity index (χ3n) is 2.84. The van der Waals surface area contributed by atoms with Crippen molar-refractivity contribution in [3.8, 4) is 0 Å². The Labute approximate surface area is 99.5 Å². The van der Waals surface area contributed by atoms with Gasteiger partial charge in [-0.15, -0.1) is 0 Å². The monoisotopic (exact) mass is 238 g/mol. The van der Waals surface area contributed by atoms with E-state index in [4.69, 9.17) is 0 Å². The summed E-state index contributed by atoms with van der Waals surface area (Å²) in [6, 6.07) is 0. The number of H-pyrrole nitrogens is 1. The van der Waals surface area contributed by atoms with Gasteiger partial charge in [-0.1, -0.05) is 20.8 Å². The lowest BCUT2D eigenvalue weighted by molar-refractivity contribution is -0.127. The second-order valence-corrected chi connectivity index (χ2v) is 5.26. The molecule has 1 rings (SSSR count). The predicted octanol–water partition coefficient (Wildman–Crippen LogP) is 0.769. The summed E-state index contributed by atoms with van der Waals surface area (Å²) >= 11 is 0. The molecule has 0 aliphatic carbocycles. The van der Waals surface area contributed by atoms with Gasteiger partial charge in [0.05, 0.1) is 0 Å². The highest BCUT2D eigenvalue weighted by Crippen LogP contribution is 2.14. The Morgan fingerprint density at radius 1 is 1.18 bits per heavy atom. The van der Waals surface area contributed by atoms with Crippen molar-refractivity contribution in [2.24, 2.45) is 5.41 Å². The lowest BCUT2D eigenvalue weighted by Crippen LogP contribution is -2.37. The molecular weight excluding hydrogens is 220 g/mol. The maximum Gasteiger partial charge on any atom is 0.268 e. The number of nitrogens with zero attached hydrogens (tertiary/aromatic N) is 1. The molecule has 0 aliphatic heterocycles. The van der Waals surface area contributed by atoms with Crippen LogP contribution < -0.4 is 11.1 Å². The normalized spacial score (nSPS) is 11.6. The van der Waals surface area contributed by atoms with Crippen molar-refractivity contribution in [2.45, 2.75) is 41.2 Å². The molecule has 0 spiro atoms. The van der Waals surface area contributed by atoms with Crippen LogP contribution in [0.5, 0.6) is 0 Å². The first-order valence-electron chi connectivity index (χ1n) is 5.48. The molecule has 0 radical (unpaired) electrons. The molecule has 5 nitrogen and oxygen atoms in total. The van der Waals surface area contributed by atoms with E-state index < -0.39 is 5.41 Å². The summed E-state index contributed by atoms with van der Waals surface area (Å²) in [5.74, 6) is -0.0986. The Hall–Kier alpha value is -1.65. The van der Waals surface area contributed by atoms with E-state index in [0.29, 0.717) is 11.1 Å². The van der Waals surface area contributed by atoms with Crippen molar-refractivity contribution in [3.63, 3.8) is 0 Å². The number of rotatable bonds is 2. The van der Waals surface area contributed by atoms with Crippen LogP contribution in [0.25, 0.3) is 0 Å². The number of nitrogens with one attached hydrogen (secondary N) is 1. The Balaban J connectivity index is 3.23. The van der Waals surface area contributed by atoms with Gasteiger partial charge < -0.3 is 0 Å². The maximum atomic E-state index is 11.8. The minimum atomic E-state index is -0.533. The molecule has 5 heteroatoms. The fourth-order valence-corrected chi connectivity index (χ4v) is 1.28. The number of carbonyl (C=O) groups is 1. The quantitative estimate of drug-likeness (QED) is 0.827. The summed E-state index contributed by atoms with van der Waals surface area (Å²) in [4.78, 5) is 35.2. The minimum absolute atomic E-state index is 0.0985. The van der Waals surface area contributed by atoms with Gasteiger partial charge in [-0.3, -0.25) is 19.5 Å². The fourth-order valence-electron chi connectivity index (χ4n) is 1.28. The number of hydrogen-bond acceptors (Lipinski definition) is 3. The molecule has 1 aromatic heterocycles. The second kappa shape index (κ2) is 4.31. The van der Waals surface area contributed by atoms with Crippen LogP contribution in [-0.2, 0) is 11.3 Å². The molecule has 1 heterocycles. The van der Waals surface area contributed by atoms with Gasteiger partial charge in [0.15, 0.2) is 5.78 Å². The molecule has 1 N–H and O–H groups in total. The summed E-state index contributed by atoms with van der Waals surface area (Å²) < 4.78 is 1.08. The van der Waals surface area contributed by atoms with Crippen molar-refractivity contribution < 1.29 is 4.79 Å². The van der Waals surface area contributed by atoms with Crippen LogP contribution in [0.15, 0.2) is 9.59 Å². The van der Waals surface area contributed by atoms with Crippen LogP contribution in [0.2, 0.25) is 0 Å². The van der Waals surface area contributed by atoms with Gasteiger partial charge in [0.2, 0.25) is 0 Å². The van der Waals surface area contributed by atoms with Crippen molar-refractivity contribution in [1.82, 2.24) is 9.78 Å². The molecule has 0 saturated heterocycles. The van der Waals surface area contributed by atoms with Crippen LogP contribution in [0.4, 0.5) is 0 Å². The van der Waals surface area contributed by atoms with E-state index in [0.717, 1.165) is 4.68 Å². The molecule has 0 saturated carbocycles. The molecule has 17 heavy (non-hydrogen) atoms. The van der Waals surface area contributed by atoms with E-state index in [1.165, 1.54) is 0 Å². The van der Waals surface area contributed by atoms with Gasteiger partial charge in [0.25, 0.3) is 11.1 Å². The molecular formula is C12H18N2O3. The summed E-state index contributed by atoms with van der Waals surface area (Å²) in [5.41, 5.74) is -0.400. The van der Waals surface area contributed by atoms with Gasteiger partial charge in [0, 0.05) is 16.5 Å². The van der Waals surface area contributed by atoms with Crippen LogP contribution >= 0.6 is 0 Å². The molecule has 0 bridgehead atoms. The summed E-state index contributed by atoms with van der Waals surface area (Å²) in [7, 11) is 0. The topological polar surface area (TPSA) is 71.9 Å². The van der Waals surface area contributed by atoms with E-state index in [1.54, 1.807) is 34.6 Å². The number of hydrogen-bond donors (Lipinski definition) is 1. The number of aromatic nitrogens is 2. The summed E-state index contributed by atoms with van der Waals surface area (Å²) in [6.45, 7) is 8.41. The second-order valence-electron chi connectivity index (χ2n) is 5.26. The Bertz CT molecular complexity index is 559. The van der Waals surface area contributed by atoms with E-state index in [9.17, 15) is 14.4 Å². The zero-order valence-electron chi connectivity index (χ0n) is 10.9. The SMILES string of the molecule is Cc1c(C)c(=O)n(CC(=O)C(C)(C)C)[nH]c1=O. The average molecular weight is 238 g/mol. The van der Waals surface area contributed by atoms with Crippen molar-refractivity contribution in [1.29, 1.82) is 0 Å². The lowest BCUT2D eigenvalue weighted by Gasteiger charge is -2.17. The number of carbonyl (C=O) groups excluding carboxylic acids is 1. The first-order chi connectivity index (χ1) is 7.64. The van der Waals surface area contributed by atoms with Gasteiger partial charge in [-0.25, -0.2) is 4.68 Å². The van der Waals surface area contributed by atoms with E-state index in [1.807, 2.05) is 0 Å². The number of ketones is 1. The van der Waals surface area contributed by atoms with Crippen molar-refractivity contribution in [3.05, 3.63) is 31.8 Å². The minimum Gasteiger partial charge on any atom is -0.297 e. The van der Waals surface area contributed by atoms with Gasteiger partial charge in [-0.05, 0) is 13.8 Å². The van der Waals surface area contributed by atoms with Crippen LogP contribution in [-0.4, -0.2) is 15.6 Å². The van der Waals surface area contributed by atoms with Gasteiger partial charge in [0.1, 0.15) is 6.54 Å². The van der Waals surface area contributed by atoms with E-state index >= 15 is 0 Å². The van der Waals surface area contributed by atoms with Crippen LogP contribution in [0.1, 0.15) is 31.9 Å². The standard InChI is InChI=1S/C12H18N2O3/c1-7-8(2)11(17)14(13-10(7)16)6-9(15)12(3,4)5/h6H2,1-5H3,(H,13,16).